The summed E-state index contributed by atoms with van der Waals surface area (Å²) in [5, 5.41) is 4.07. The summed E-state index contributed by atoms with van der Waals surface area (Å²) >= 11 is 0. The number of halogens is 4. The van der Waals surface area contributed by atoms with Crippen LogP contribution in [0.25, 0.3) is 33.1 Å². The summed E-state index contributed by atoms with van der Waals surface area (Å²) in [6.45, 7) is 2.20. The van der Waals surface area contributed by atoms with Crippen LogP contribution in [0, 0.1) is 17.6 Å². The normalized spacial score (nSPS) is 29.1. The van der Waals surface area contributed by atoms with Gasteiger partial charge in [0.05, 0.1) is 11.6 Å². The van der Waals surface area contributed by atoms with E-state index in [9.17, 15) is 8.78 Å². The lowest BCUT2D eigenvalue weighted by molar-refractivity contribution is 0.107. The van der Waals surface area contributed by atoms with Crippen molar-refractivity contribution in [1.29, 1.82) is 0 Å². The minimum atomic E-state index is -0.932. The van der Waals surface area contributed by atoms with E-state index < -0.39 is 29.3 Å². The van der Waals surface area contributed by atoms with Gasteiger partial charge in [-0.3, -0.25) is 4.90 Å². The Morgan fingerprint density at radius 3 is 2.86 bits per heavy atom. The molecule has 4 saturated heterocycles. The minimum absolute atomic E-state index is 0.0483. The molecule has 9 rings (SSSR count). The van der Waals surface area contributed by atoms with Gasteiger partial charge in [0.15, 0.2) is 5.82 Å². The number of hydrogen-bond donors (Lipinski definition) is 1. The summed E-state index contributed by atoms with van der Waals surface area (Å²) in [5.74, 6) is -1.99. The molecular weight excluding hydrogens is 578 g/mol. The van der Waals surface area contributed by atoms with Crippen LogP contribution in [-0.2, 0) is 0 Å². The smallest absolute Gasteiger partial charge is 0.319 e. The van der Waals surface area contributed by atoms with Crippen LogP contribution in [0.1, 0.15) is 32.1 Å². The van der Waals surface area contributed by atoms with E-state index in [4.69, 9.17) is 14.5 Å². The van der Waals surface area contributed by atoms with Crippen LogP contribution in [0.2, 0.25) is 0 Å². The number of aromatic nitrogens is 4. The maximum atomic E-state index is 16.7. The van der Waals surface area contributed by atoms with Gasteiger partial charge in [-0.05, 0) is 43.7 Å². The van der Waals surface area contributed by atoms with Crippen molar-refractivity contribution in [1.82, 2.24) is 30.2 Å². The third kappa shape index (κ3) is 3.91. The van der Waals surface area contributed by atoms with E-state index in [2.05, 4.69) is 30.1 Å². The van der Waals surface area contributed by atoms with Crippen LogP contribution < -0.4 is 19.7 Å². The third-order valence-corrected chi connectivity index (χ3v) is 10.2. The molecule has 5 aliphatic rings. The highest BCUT2D eigenvalue weighted by Gasteiger charge is 2.50. The Morgan fingerprint density at radius 2 is 1.95 bits per heavy atom. The number of alkyl halides is 1. The van der Waals surface area contributed by atoms with Gasteiger partial charge < -0.3 is 19.7 Å². The van der Waals surface area contributed by atoms with Crippen LogP contribution in [0.15, 0.2) is 24.3 Å². The van der Waals surface area contributed by atoms with Crippen LogP contribution in [0.5, 0.6) is 11.9 Å². The number of hydrogen-bond acceptors (Lipinski definition) is 9. The lowest BCUT2D eigenvalue weighted by Gasteiger charge is -2.40. The molecule has 0 aliphatic carbocycles. The van der Waals surface area contributed by atoms with Crippen LogP contribution in [0.4, 0.5) is 23.4 Å². The van der Waals surface area contributed by atoms with Crippen LogP contribution >= 0.6 is 0 Å². The van der Waals surface area contributed by atoms with Gasteiger partial charge in [-0.2, -0.15) is 14.4 Å². The van der Waals surface area contributed by atoms with Gasteiger partial charge in [0.1, 0.15) is 53.3 Å². The molecule has 4 fully saturated rings. The van der Waals surface area contributed by atoms with Crippen molar-refractivity contribution < 1.29 is 27.0 Å². The largest absolute Gasteiger partial charge is 0.475 e. The van der Waals surface area contributed by atoms with E-state index >= 15 is 8.78 Å². The number of rotatable bonds is 4. The molecule has 228 valence electrons. The first-order chi connectivity index (χ1) is 21.4. The molecule has 9 nitrogen and oxygen atoms in total. The molecule has 3 aromatic heterocycles. The number of piperazine rings is 1. The molecule has 0 spiro atoms. The van der Waals surface area contributed by atoms with Gasteiger partial charge in [-0.1, -0.05) is 12.1 Å². The van der Waals surface area contributed by atoms with Crippen molar-refractivity contribution in [2.45, 2.75) is 61.9 Å². The Labute approximate surface area is 249 Å². The Morgan fingerprint density at radius 1 is 1.05 bits per heavy atom. The molecule has 4 unspecified atom stereocenters. The summed E-state index contributed by atoms with van der Waals surface area (Å²) in [7, 11) is 0. The number of pyridine rings is 2. The zero-order valence-corrected chi connectivity index (χ0v) is 23.7. The van der Waals surface area contributed by atoms with E-state index in [1.807, 2.05) is 0 Å². The zero-order chi connectivity index (χ0) is 29.7. The molecule has 0 amide bonds. The van der Waals surface area contributed by atoms with E-state index in [1.165, 1.54) is 18.2 Å². The number of fused-ring (bicyclic) bond motifs is 7. The van der Waals surface area contributed by atoms with Crippen molar-refractivity contribution in [2.75, 3.05) is 37.7 Å². The van der Waals surface area contributed by atoms with Gasteiger partial charge in [-0.25, -0.2) is 23.1 Å². The quantitative estimate of drug-likeness (QED) is 0.269. The Bertz CT molecular complexity index is 1840. The Kier molecular flexibility index (Phi) is 5.78. The molecular formula is C31H29F4N7O2. The summed E-state index contributed by atoms with van der Waals surface area (Å²) in [5.41, 5.74) is -1.26. The molecule has 5 aliphatic heterocycles. The standard InChI is InChI=1S/C31H29F4N7O2/c32-16-10-31(7-2-8-41(31)11-16)14-44-30-39-25-23-28(40-30)42-12-17-5-6-19(36-17)20(42)13-43-29(23)38-27(24(25)35)26-22-15(9-21(34)37-26)3-1-4-18(22)33/h1,3-4,9,16-17,19-20,36H,2,5-8,10-14H2/t16-,17?,19?,20?,31?/m1/s1. The van der Waals surface area contributed by atoms with Crippen molar-refractivity contribution >= 4 is 27.5 Å². The SMILES string of the molecule is Fc1cc2cccc(F)c2c(-c2nc3c4c(nc(OCC56CCCN5C[C@H](F)C6)nc4c2F)N2CC4CCC(N4)C2CO3)n1. The summed E-state index contributed by atoms with van der Waals surface area (Å²) in [6.07, 6.45) is 3.12. The number of nitrogens with one attached hydrogen (secondary N) is 1. The fraction of sp³-hybridized carbons (Fsp3) is 0.484. The van der Waals surface area contributed by atoms with Crippen molar-refractivity contribution in [3.63, 3.8) is 0 Å². The summed E-state index contributed by atoms with van der Waals surface area (Å²) < 4.78 is 73.5. The molecule has 4 aromatic rings. The Hall–Kier alpha value is -3.84. The second kappa shape index (κ2) is 9.58. The average Bonchev–Trinajstić information content (AvgIpc) is 3.64. The first-order valence-corrected chi connectivity index (χ1v) is 15.2. The highest BCUT2D eigenvalue weighted by Crippen LogP contribution is 2.44. The molecule has 44 heavy (non-hydrogen) atoms. The minimum Gasteiger partial charge on any atom is -0.475 e. The lowest BCUT2D eigenvalue weighted by Crippen LogP contribution is -2.60. The van der Waals surface area contributed by atoms with Gasteiger partial charge in [0.2, 0.25) is 11.8 Å². The maximum Gasteiger partial charge on any atom is 0.319 e. The highest BCUT2D eigenvalue weighted by atomic mass is 19.1. The van der Waals surface area contributed by atoms with Crippen LogP contribution in [0.3, 0.4) is 0 Å². The number of anilines is 1. The van der Waals surface area contributed by atoms with E-state index in [1.54, 1.807) is 0 Å². The predicted molar refractivity (Wildman–Crippen MR) is 153 cm³/mol. The fourth-order valence-corrected chi connectivity index (χ4v) is 8.19. The molecule has 2 bridgehead atoms. The number of ether oxygens (including phenoxy) is 2. The van der Waals surface area contributed by atoms with Crippen molar-refractivity contribution in [3.8, 4) is 23.3 Å². The topological polar surface area (TPSA) is 88.5 Å². The molecule has 0 saturated carbocycles. The molecule has 1 aromatic carbocycles. The number of benzene rings is 1. The molecule has 0 radical (unpaired) electrons. The Balaban J connectivity index is 1.23. The maximum absolute atomic E-state index is 16.7. The van der Waals surface area contributed by atoms with E-state index in [0.717, 1.165) is 38.3 Å². The number of nitrogens with zero attached hydrogens (tertiary/aromatic N) is 6. The first kappa shape index (κ1) is 26.6. The van der Waals surface area contributed by atoms with Gasteiger partial charge in [0.25, 0.3) is 0 Å². The third-order valence-electron chi connectivity index (χ3n) is 10.2. The zero-order valence-electron chi connectivity index (χ0n) is 23.7. The highest BCUT2D eigenvalue weighted by molar-refractivity contribution is 6.00. The monoisotopic (exact) mass is 607 g/mol. The summed E-state index contributed by atoms with van der Waals surface area (Å²) in [6, 6.07) is 5.49. The van der Waals surface area contributed by atoms with Gasteiger partial charge in [-0.15, -0.1) is 0 Å². The van der Waals surface area contributed by atoms with Gasteiger partial charge >= 0.3 is 6.01 Å². The van der Waals surface area contributed by atoms with Crippen molar-refractivity contribution in [3.05, 3.63) is 41.8 Å². The van der Waals surface area contributed by atoms with Crippen molar-refractivity contribution in [2.24, 2.45) is 0 Å². The molecule has 13 heteroatoms. The lowest BCUT2D eigenvalue weighted by atomic mass is 9.95. The predicted octanol–water partition coefficient (Wildman–Crippen LogP) is 4.31. The van der Waals surface area contributed by atoms with E-state index in [-0.39, 0.29) is 76.3 Å². The average molecular weight is 608 g/mol. The fourth-order valence-electron chi connectivity index (χ4n) is 8.19. The van der Waals surface area contributed by atoms with E-state index in [0.29, 0.717) is 25.3 Å². The first-order valence-electron chi connectivity index (χ1n) is 15.2. The molecule has 1 N–H and O–H groups in total. The molecule has 8 heterocycles. The second-order valence-electron chi connectivity index (χ2n) is 12.7. The second-order valence-corrected chi connectivity index (χ2v) is 12.7. The molecule has 5 atom stereocenters. The van der Waals surface area contributed by atoms with Crippen LogP contribution in [-0.4, -0.2) is 87.5 Å². The van der Waals surface area contributed by atoms with Gasteiger partial charge in [0, 0.05) is 43.0 Å². The summed E-state index contributed by atoms with van der Waals surface area (Å²) in [4.78, 5) is 22.0.